The molecule has 2 aromatic rings. The van der Waals surface area contributed by atoms with Crippen LogP contribution in [0.4, 0.5) is 0 Å². The third kappa shape index (κ3) is 5.35. The van der Waals surface area contributed by atoms with E-state index in [0.717, 1.165) is 57.8 Å². The molecule has 0 saturated carbocycles. The number of aromatic amines is 1. The van der Waals surface area contributed by atoms with Gasteiger partial charge in [0.25, 0.3) is 0 Å². The van der Waals surface area contributed by atoms with E-state index in [9.17, 15) is 4.79 Å². The number of likely N-dealkylation sites (tertiary alicyclic amines) is 1. The zero-order valence-electron chi connectivity index (χ0n) is 18.9. The maximum atomic E-state index is 12.2. The van der Waals surface area contributed by atoms with E-state index in [4.69, 9.17) is 4.99 Å². The van der Waals surface area contributed by atoms with Crippen molar-refractivity contribution in [2.24, 2.45) is 10.9 Å². The second kappa shape index (κ2) is 10.5. The number of fused-ring (bicyclic) bond motifs is 1. The number of piperidine rings is 1. The number of carbonyl (C=O) groups is 1. The molecule has 1 aromatic carbocycles. The lowest BCUT2D eigenvalue weighted by Gasteiger charge is -2.34. The van der Waals surface area contributed by atoms with Crippen LogP contribution in [0.2, 0.25) is 0 Å². The molecule has 164 valence electrons. The molecule has 6 heteroatoms. The molecule has 1 aliphatic rings. The highest BCUT2D eigenvalue weighted by Gasteiger charge is 2.24. The van der Waals surface area contributed by atoms with E-state index in [2.05, 4.69) is 53.9 Å². The molecule has 0 radical (unpaired) electrons. The summed E-state index contributed by atoms with van der Waals surface area (Å²) in [5.41, 5.74) is 3.94. The van der Waals surface area contributed by atoms with Crippen molar-refractivity contribution in [2.45, 2.75) is 59.4 Å². The number of amides is 1. The summed E-state index contributed by atoms with van der Waals surface area (Å²) in [6.07, 6.45) is 5.99. The fourth-order valence-corrected chi connectivity index (χ4v) is 4.19. The van der Waals surface area contributed by atoms with Gasteiger partial charge in [0.15, 0.2) is 5.96 Å². The van der Waals surface area contributed by atoms with Crippen molar-refractivity contribution < 1.29 is 4.79 Å². The van der Waals surface area contributed by atoms with Gasteiger partial charge in [0.1, 0.15) is 0 Å². The average molecular weight is 412 g/mol. The van der Waals surface area contributed by atoms with Gasteiger partial charge in [0.05, 0.1) is 0 Å². The number of benzene rings is 1. The summed E-state index contributed by atoms with van der Waals surface area (Å²) in [5.74, 6) is 1.21. The van der Waals surface area contributed by atoms with Crippen LogP contribution in [0.1, 0.15) is 51.7 Å². The number of H-pyrrole nitrogens is 1. The number of para-hydroxylation sites is 1. The summed E-state index contributed by atoms with van der Waals surface area (Å²) in [4.78, 5) is 22.4. The maximum absolute atomic E-state index is 12.2. The van der Waals surface area contributed by atoms with Crippen LogP contribution in [0.5, 0.6) is 0 Å². The van der Waals surface area contributed by atoms with Gasteiger partial charge in [-0.25, -0.2) is 0 Å². The Hall–Kier alpha value is -2.50. The van der Waals surface area contributed by atoms with Crippen LogP contribution < -0.4 is 10.6 Å². The summed E-state index contributed by atoms with van der Waals surface area (Å²) in [6, 6.07) is 6.89. The Kier molecular flexibility index (Phi) is 7.77. The molecule has 6 nitrogen and oxygen atoms in total. The van der Waals surface area contributed by atoms with Gasteiger partial charge in [-0.2, -0.15) is 0 Å². The highest BCUT2D eigenvalue weighted by atomic mass is 16.2. The summed E-state index contributed by atoms with van der Waals surface area (Å²) >= 11 is 0. The van der Waals surface area contributed by atoms with Crippen molar-refractivity contribution in [3.05, 3.63) is 35.5 Å². The lowest BCUT2D eigenvalue weighted by Crippen LogP contribution is -2.50. The molecule has 1 aliphatic heterocycles. The number of hydrogen-bond acceptors (Lipinski definition) is 2. The topological polar surface area (TPSA) is 72.5 Å². The van der Waals surface area contributed by atoms with Crippen LogP contribution in [-0.4, -0.2) is 54.0 Å². The minimum atomic E-state index is 0.0753. The Labute approximate surface area is 180 Å². The first-order valence-corrected chi connectivity index (χ1v) is 11.4. The van der Waals surface area contributed by atoms with Crippen molar-refractivity contribution in [1.82, 2.24) is 20.5 Å². The molecular weight excluding hydrogens is 374 g/mol. The summed E-state index contributed by atoms with van der Waals surface area (Å²) in [7, 11) is 0. The highest BCUT2D eigenvalue weighted by molar-refractivity contribution is 5.86. The summed E-state index contributed by atoms with van der Waals surface area (Å²) < 4.78 is 0. The molecule has 2 heterocycles. The number of rotatable bonds is 7. The van der Waals surface area contributed by atoms with Crippen LogP contribution >= 0.6 is 0 Å². The van der Waals surface area contributed by atoms with Gasteiger partial charge in [0, 0.05) is 55.2 Å². The van der Waals surface area contributed by atoms with Crippen LogP contribution in [0.15, 0.2) is 29.4 Å². The highest BCUT2D eigenvalue weighted by Crippen LogP contribution is 2.22. The number of aromatic nitrogens is 1. The molecule has 1 aromatic heterocycles. The second-order valence-electron chi connectivity index (χ2n) is 8.42. The number of aliphatic imine (C=N–C) groups is 1. The largest absolute Gasteiger partial charge is 0.361 e. The predicted octanol–water partition coefficient (Wildman–Crippen LogP) is 3.47. The van der Waals surface area contributed by atoms with Gasteiger partial charge in [-0.05, 0) is 43.7 Å². The lowest BCUT2D eigenvalue weighted by atomic mass is 10.0. The molecule has 1 saturated heterocycles. The Balaban J connectivity index is 1.56. The summed E-state index contributed by atoms with van der Waals surface area (Å²) in [6.45, 7) is 11.4. The molecule has 3 rings (SSSR count). The van der Waals surface area contributed by atoms with Crippen LogP contribution in [0.25, 0.3) is 10.9 Å². The molecule has 0 bridgehead atoms. The van der Waals surface area contributed by atoms with Gasteiger partial charge in [-0.1, -0.05) is 39.0 Å². The van der Waals surface area contributed by atoms with Crippen molar-refractivity contribution in [2.75, 3.05) is 26.2 Å². The molecule has 0 spiro atoms. The predicted molar refractivity (Wildman–Crippen MR) is 125 cm³/mol. The monoisotopic (exact) mass is 411 g/mol. The van der Waals surface area contributed by atoms with Gasteiger partial charge >= 0.3 is 0 Å². The molecule has 0 aliphatic carbocycles. The van der Waals surface area contributed by atoms with Crippen molar-refractivity contribution in [1.29, 1.82) is 0 Å². The number of carbonyl (C=O) groups excluding carboxylic acids is 1. The number of nitrogens with zero attached hydrogens (tertiary/aromatic N) is 2. The normalized spacial score (nSPS) is 15.8. The zero-order valence-corrected chi connectivity index (χ0v) is 18.9. The van der Waals surface area contributed by atoms with Crippen LogP contribution in [0, 0.1) is 5.92 Å². The van der Waals surface area contributed by atoms with E-state index in [1.54, 1.807) is 0 Å². The van der Waals surface area contributed by atoms with E-state index >= 15 is 0 Å². The minimum absolute atomic E-state index is 0.0753. The minimum Gasteiger partial charge on any atom is -0.361 e. The molecule has 30 heavy (non-hydrogen) atoms. The smallest absolute Gasteiger partial charge is 0.225 e. The van der Waals surface area contributed by atoms with E-state index in [1.165, 1.54) is 22.0 Å². The number of guanidine groups is 1. The number of hydrogen-bond donors (Lipinski definition) is 3. The lowest BCUT2D eigenvalue weighted by molar-refractivity contribution is -0.135. The number of aryl methyl sites for hydroxylation is 1. The maximum Gasteiger partial charge on any atom is 0.225 e. The molecule has 0 unspecified atom stereocenters. The SMILES string of the molecule is CCNC(=NCCc1c[nH]c2c(CC)cccc12)NC1CCN(C(=O)C(C)C)CC1. The molecule has 1 amide bonds. The van der Waals surface area contributed by atoms with E-state index in [-0.39, 0.29) is 11.8 Å². The average Bonchev–Trinajstić information content (AvgIpc) is 3.17. The first-order chi connectivity index (χ1) is 14.5. The van der Waals surface area contributed by atoms with Gasteiger partial charge in [-0.3, -0.25) is 9.79 Å². The molecule has 0 atom stereocenters. The summed E-state index contributed by atoms with van der Waals surface area (Å²) in [5, 5.41) is 8.25. The van der Waals surface area contributed by atoms with Crippen molar-refractivity contribution >= 4 is 22.8 Å². The van der Waals surface area contributed by atoms with Gasteiger partial charge in [0.2, 0.25) is 5.91 Å². The quantitative estimate of drug-likeness (QED) is 0.482. The zero-order chi connectivity index (χ0) is 21.5. The Morgan fingerprint density at radius 1 is 1.23 bits per heavy atom. The molecule has 3 N–H and O–H groups in total. The van der Waals surface area contributed by atoms with E-state index < -0.39 is 0 Å². The van der Waals surface area contributed by atoms with Crippen molar-refractivity contribution in [3.8, 4) is 0 Å². The molecule has 1 fully saturated rings. The van der Waals surface area contributed by atoms with Gasteiger partial charge < -0.3 is 20.5 Å². The molecular formula is C24H37N5O. The Morgan fingerprint density at radius 2 is 2.00 bits per heavy atom. The fraction of sp³-hybridized carbons (Fsp3) is 0.583. The Morgan fingerprint density at radius 3 is 2.67 bits per heavy atom. The third-order valence-corrected chi connectivity index (χ3v) is 5.90. The van der Waals surface area contributed by atoms with E-state index in [0.29, 0.717) is 6.04 Å². The second-order valence-corrected chi connectivity index (χ2v) is 8.42. The van der Waals surface area contributed by atoms with Crippen LogP contribution in [0.3, 0.4) is 0 Å². The third-order valence-electron chi connectivity index (χ3n) is 5.90. The van der Waals surface area contributed by atoms with Crippen molar-refractivity contribution in [3.63, 3.8) is 0 Å². The first-order valence-electron chi connectivity index (χ1n) is 11.4. The van der Waals surface area contributed by atoms with Crippen LogP contribution in [-0.2, 0) is 17.6 Å². The van der Waals surface area contributed by atoms with Gasteiger partial charge in [-0.15, -0.1) is 0 Å². The Bertz CT molecular complexity index is 862. The number of nitrogens with one attached hydrogen (secondary N) is 3. The standard InChI is InChI=1S/C24H37N5O/c1-5-18-8-7-9-21-19(16-27-22(18)21)10-13-26-24(25-6-2)28-20-11-14-29(15-12-20)23(30)17(3)4/h7-9,16-17,20,27H,5-6,10-15H2,1-4H3,(H2,25,26,28). The first kappa shape index (κ1) is 22.2. The fourth-order valence-electron chi connectivity index (χ4n) is 4.19. The van der Waals surface area contributed by atoms with E-state index in [1.807, 2.05) is 18.7 Å².